The summed E-state index contributed by atoms with van der Waals surface area (Å²) < 4.78 is 5.22. The summed E-state index contributed by atoms with van der Waals surface area (Å²) in [6.45, 7) is 1.46. The van der Waals surface area contributed by atoms with Gasteiger partial charge in [0, 0.05) is 19.1 Å². The number of carbonyl (C=O) groups is 1. The predicted octanol–water partition coefficient (Wildman–Crippen LogP) is 0.863. The Hall–Kier alpha value is -0.410. The molecule has 13 heavy (non-hydrogen) atoms. The maximum Gasteiger partial charge on any atom is 0.155 e. The van der Waals surface area contributed by atoms with E-state index in [-0.39, 0.29) is 5.92 Å². The molecular weight excluding hydrogens is 166 g/mol. The second kappa shape index (κ2) is 3.39. The van der Waals surface area contributed by atoms with E-state index in [9.17, 15) is 4.79 Å². The van der Waals surface area contributed by atoms with Crippen molar-refractivity contribution < 1.29 is 9.53 Å². The summed E-state index contributed by atoms with van der Waals surface area (Å²) in [5.41, 5.74) is 5.53. The van der Waals surface area contributed by atoms with Gasteiger partial charge in [0.25, 0.3) is 0 Å². The second-order valence-corrected chi connectivity index (χ2v) is 4.26. The second-order valence-electron chi connectivity index (χ2n) is 4.26. The van der Waals surface area contributed by atoms with Gasteiger partial charge in [-0.05, 0) is 32.1 Å². The molecule has 1 saturated heterocycles. The molecule has 0 radical (unpaired) electrons. The largest absolute Gasteiger partial charge is 0.381 e. The zero-order chi connectivity index (χ0) is 9.31. The van der Waals surface area contributed by atoms with Crippen LogP contribution < -0.4 is 5.73 Å². The van der Waals surface area contributed by atoms with Crippen molar-refractivity contribution in [3.05, 3.63) is 0 Å². The summed E-state index contributed by atoms with van der Waals surface area (Å²) in [6.07, 6.45) is 4.65. The summed E-state index contributed by atoms with van der Waals surface area (Å²) in [7, 11) is 0. The first-order valence-corrected chi connectivity index (χ1v) is 5.13. The number of rotatable bonds is 2. The normalized spacial score (nSPS) is 28.1. The number of carbonyl (C=O) groups excluding carboxylic acids is 1. The molecule has 1 aliphatic heterocycles. The van der Waals surface area contributed by atoms with E-state index in [1.54, 1.807) is 0 Å². The maximum absolute atomic E-state index is 11.9. The van der Waals surface area contributed by atoms with Gasteiger partial charge < -0.3 is 10.5 Å². The summed E-state index contributed by atoms with van der Waals surface area (Å²) in [5.74, 6) is 0.473. The molecular formula is C10H17NO2. The molecule has 2 N–H and O–H groups in total. The van der Waals surface area contributed by atoms with Gasteiger partial charge in [0.05, 0.1) is 5.54 Å². The van der Waals surface area contributed by atoms with Gasteiger partial charge in [0.1, 0.15) is 0 Å². The molecule has 2 fully saturated rings. The van der Waals surface area contributed by atoms with Crippen LogP contribution in [-0.2, 0) is 9.53 Å². The molecule has 1 heterocycles. The Labute approximate surface area is 78.6 Å². The lowest BCUT2D eigenvalue weighted by molar-refractivity contribution is -0.134. The van der Waals surface area contributed by atoms with Crippen molar-refractivity contribution in [2.45, 2.75) is 37.6 Å². The van der Waals surface area contributed by atoms with Crippen LogP contribution in [-0.4, -0.2) is 24.5 Å². The molecule has 2 rings (SSSR count). The van der Waals surface area contributed by atoms with Gasteiger partial charge >= 0.3 is 0 Å². The Morgan fingerprint density at radius 3 is 2.38 bits per heavy atom. The highest BCUT2D eigenvalue weighted by atomic mass is 16.5. The number of hydrogen-bond donors (Lipinski definition) is 1. The van der Waals surface area contributed by atoms with Crippen LogP contribution in [0.1, 0.15) is 32.1 Å². The van der Waals surface area contributed by atoms with Gasteiger partial charge in [0.15, 0.2) is 5.78 Å². The Morgan fingerprint density at radius 1 is 1.31 bits per heavy atom. The van der Waals surface area contributed by atoms with Crippen LogP contribution in [0, 0.1) is 5.92 Å². The van der Waals surface area contributed by atoms with Crippen molar-refractivity contribution in [2.24, 2.45) is 11.7 Å². The SMILES string of the molecule is NC1(C(=O)C2CCOCC2)CCC1. The molecule has 0 atom stereocenters. The third-order valence-corrected chi connectivity index (χ3v) is 3.33. The summed E-state index contributed by atoms with van der Waals surface area (Å²) in [5, 5.41) is 0. The van der Waals surface area contributed by atoms with Crippen molar-refractivity contribution in [1.29, 1.82) is 0 Å². The number of hydrogen-bond acceptors (Lipinski definition) is 3. The first-order chi connectivity index (χ1) is 6.22. The number of Topliss-reactive ketones (excluding diaryl/α,β-unsaturated/α-hetero) is 1. The fourth-order valence-electron chi connectivity index (χ4n) is 2.17. The molecule has 0 unspecified atom stereocenters. The molecule has 2 aliphatic rings. The van der Waals surface area contributed by atoms with Gasteiger partial charge in [-0.2, -0.15) is 0 Å². The van der Waals surface area contributed by atoms with Crippen LogP contribution in [0.25, 0.3) is 0 Å². The van der Waals surface area contributed by atoms with Gasteiger partial charge in [-0.25, -0.2) is 0 Å². The van der Waals surface area contributed by atoms with Gasteiger partial charge in [-0.15, -0.1) is 0 Å². The fourth-order valence-corrected chi connectivity index (χ4v) is 2.17. The molecule has 0 spiro atoms. The van der Waals surface area contributed by atoms with E-state index in [1.165, 1.54) is 0 Å². The third kappa shape index (κ3) is 1.63. The minimum Gasteiger partial charge on any atom is -0.381 e. The molecule has 3 heteroatoms. The van der Waals surface area contributed by atoms with Crippen molar-refractivity contribution in [1.82, 2.24) is 0 Å². The van der Waals surface area contributed by atoms with Crippen LogP contribution in [0.4, 0.5) is 0 Å². The van der Waals surface area contributed by atoms with Crippen molar-refractivity contribution in [3.8, 4) is 0 Å². The molecule has 74 valence electrons. The summed E-state index contributed by atoms with van der Waals surface area (Å²) in [6, 6.07) is 0. The molecule has 0 bridgehead atoms. The Morgan fingerprint density at radius 2 is 1.92 bits per heavy atom. The number of ether oxygens (including phenoxy) is 1. The summed E-state index contributed by atoms with van der Waals surface area (Å²) in [4.78, 5) is 11.9. The van der Waals surface area contributed by atoms with Gasteiger partial charge in [-0.1, -0.05) is 0 Å². The molecule has 3 nitrogen and oxygen atoms in total. The lowest BCUT2D eigenvalue weighted by Gasteiger charge is -2.39. The Balaban J connectivity index is 1.95. The maximum atomic E-state index is 11.9. The predicted molar refractivity (Wildman–Crippen MR) is 49.3 cm³/mol. The smallest absolute Gasteiger partial charge is 0.155 e. The van der Waals surface area contributed by atoms with E-state index in [1.807, 2.05) is 0 Å². The van der Waals surface area contributed by atoms with Crippen LogP contribution in [0.5, 0.6) is 0 Å². The first-order valence-electron chi connectivity index (χ1n) is 5.13. The molecule has 0 amide bonds. The van der Waals surface area contributed by atoms with Crippen molar-refractivity contribution in [2.75, 3.05) is 13.2 Å². The van der Waals surface area contributed by atoms with Crippen LogP contribution >= 0.6 is 0 Å². The highest BCUT2D eigenvalue weighted by Gasteiger charge is 2.43. The van der Waals surface area contributed by atoms with E-state index in [0.717, 1.165) is 45.3 Å². The minimum atomic E-state index is -0.456. The van der Waals surface area contributed by atoms with Gasteiger partial charge in [-0.3, -0.25) is 4.79 Å². The highest BCUT2D eigenvalue weighted by molar-refractivity contribution is 5.91. The zero-order valence-corrected chi connectivity index (χ0v) is 7.92. The fraction of sp³-hybridized carbons (Fsp3) is 0.900. The first kappa shape index (κ1) is 9.16. The van der Waals surface area contributed by atoms with Crippen molar-refractivity contribution >= 4 is 5.78 Å². The minimum absolute atomic E-state index is 0.180. The Kier molecular flexibility index (Phi) is 2.39. The van der Waals surface area contributed by atoms with Crippen LogP contribution in [0.3, 0.4) is 0 Å². The Bertz CT molecular complexity index is 205. The average molecular weight is 183 g/mol. The van der Waals surface area contributed by atoms with Crippen LogP contribution in [0.15, 0.2) is 0 Å². The zero-order valence-electron chi connectivity index (χ0n) is 7.92. The topological polar surface area (TPSA) is 52.3 Å². The molecule has 1 aliphatic carbocycles. The lowest BCUT2D eigenvalue weighted by atomic mass is 9.70. The average Bonchev–Trinajstić information content (AvgIpc) is 2.14. The lowest BCUT2D eigenvalue weighted by Crippen LogP contribution is -2.56. The third-order valence-electron chi connectivity index (χ3n) is 3.33. The quantitative estimate of drug-likeness (QED) is 0.691. The van der Waals surface area contributed by atoms with E-state index in [4.69, 9.17) is 10.5 Å². The van der Waals surface area contributed by atoms with E-state index >= 15 is 0 Å². The van der Waals surface area contributed by atoms with E-state index in [2.05, 4.69) is 0 Å². The van der Waals surface area contributed by atoms with E-state index in [0.29, 0.717) is 5.78 Å². The highest BCUT2D eigenvalue weighted by Crippen LogP contribution is 2.34. The standard InChI is InChI=1S/C10H17NO2/c11-10(4-1-5-10)9(12)8-2-6-13-7-3-8/h8H,1-7,11H2. The number of nitrogens with two attached hydrogens (primary N) is 1. The molecule has 0 aromatic heterocycles. The molecule has 1 saturated carbocycles. The van der Waals surface area contributed by atoms with Gasteiger partial charge in [0.2, 0.25) is 0 Å². The summed E-state index contributed by atoms with van der Waals surface area (Å²) >= 11 is 0. The monoisotopic (exact) mass is 183 g/mol. The molecule has 0 aromatic rings. The van der Waals surface area contributed by atoms with Crippen molar-refractivity contribution in [3.63, 3.8) is 0 Å². The van der Waals surface area contributed by atoms with Crippen LogP contribution in [0.2, 0.25) is 0 Å². The number of ketones is 1. The molecule has 0 aromatic carbocycles. The van der Waals surface area contributed by atoms with E-state index < -0.39 is 5.54 Å².